The summed E-state index contributed by atoms with van der Waals surface area (Å²) in [5, 5.41) is 0. The minimum atomic E-state index is 0.368. The number of benzene rings is 1. The second kappa shape index (κ2) is 5.85. The zero-order valence-corrected chi connectivity index (χ0v) is 11.9. The van der Waals surface area contributed by atoms with E-state index in [0.29, 0.717) is 12.6 Å². The van der Waals surface area contributed by atoms with Gasteiger partial charge in [-0.15, -0.1) is 0 Å². The number of hydrogen-bond acceptors (Lipinski definition) is 2. The van der Waals surface area contributed by atoms with E-state index in [1.165, 1.54) is 42.4 Å². The molecule has 2 rings (SSSR count). The SMILES string of the molecule is Cc1ccc(C(CN)N(C)C2CCCC2)cc1C. The molecule has 1 aliphatic rings. The normalized spacial score (nSPS) is 18.5. The van der Waals surface area contributed by atoms with Crippen molar-refractivity contribution in [3.8, 4) is 0 Å². The van der Waals surface area contributed by atoms with E-state index in [-0.39, 0.29) is 0 Å². The summed E-state index contributed by atoms with van der Waals surface area (Å²) in [4.78, 5) is 2.50. The van der Waals surface area contributed by atoms with Crippen molar-refractivity contribution in [2.75, 3.05) is 13.6 Å². The second-order valence-electron chi connectivity index (χ2n) is 5.70. The van der Waals surface area contributed by atoms with Gasteiger partial charge in [-0.3, -0.25) is 4.90 Å². The van der Waals surface area contributed by atoms with Crippen LogP contribution in [0.5, 0.6) is 0 Å². The third kappa shape index (κ3) is 2.76. The molecule has 1 atom stereocenters. The summed E-state index contributed by atoms with van der Waals surface area (Å²) < 4.78 is 0. The van der Waals surface area contributed by atoms with Crippen LogP contribution >= 0.6 is 0 Å². The summed E-state index contributed by atoms with van der Waals surface area (Å²) in [7, 11) is 2.24. The Morgan fingerprint density at radius 3 is 2.44 bits per heavy atom. The maximum Gasteiger partial charge on any atom is 0.0470 e. The topological polar surface area (TPSA) is 29.3 Å². The first kappa shape index (κ1) is 13.6. The second-order valence-corrected chi connectivity index (χ2v) is 5.70. The van der Waals surface area contributed by atoms with Crippen molar-refractivity contribution in [2.45, 2.75) is 51.6 Å². The number of aryl methyl sites for hydroxylation is 2. The molecular formula is C16H26N2. The first-order valence-corrected chi connectivity index (χ1v) is 7.12. The van der Waals surface area contributed by atoms with Gasteiger partial charge in [0.15, 0.2) is 0 Å². The van der Waals surface area contributed by atoms with Crippen molar-refractivity contribution >= 4 is 0 Å². The summed E-state index contributed by atoms with van der Waals surface area (Å²) >= 11 is 0. The largest absolute Gasteiger partial charge is 0.329 e. The Labute approximate surface area is 111 Å². The molecular weight excluding hydrogens is 220 g/mol. The van der Waals surface area contributed by atoms with Gasteiger partial charge in [0.2, 0.25) is 0 Å². The van der Waals surface area contributed by atoms with E-state index in [2.05, 4.69) is 44.0 Å². The van der Waals surface area contributed by atoms with Crippen LogP contribution in [0.15, 0.2) is 18.2 Å². The fourth-order valence-electron chi connectivity index (χ4n) is 3.08. The average Bonchev–Trinajstić information content (AvgIpc) is 2.88. The fraction of sp³-hybridized carbons (Fsp3) is 0.625. The number of hydrogen-bond donors (Lipinski definition) is 1. The highest BCUT2D eigenvalue weighted by Crippen LogP contribution is 2.29. The molecule has 0 aliphatic heterocycles. The van der Waals surface area contributed by atoms with Crippen LogP contribution in [-0.4, -0.2) is 24.5 Å². The molecule has 0 saturated heterocycles. The van der Waals surface area contributed by atoms with Crippen molar-refractivity contribution in [3.63, 3.8) is 0 Å². The van der Waals surface area contributed by atoms with Gasteiger partial charge in [-0.1, -0.05) is 31.0 Å². The minimum Gasteiger partial charge on any atom is -0.329 e. The van der Waals surface area contributed by atoms with Crippen LogP contribution in [0.2, 0.25) is 0 Å². The lowest BCUT2D eigenvalue weighted by Gasteiger charge is -2.33. The molecule has 0 amide bonds. The highest BCUT2D eigenvalue weighted by Gasteiger charge is 2.25. The minimum absolute atomic E-state index is 0.368. The van der Waals surface area contributed by atoms with E-state index in [1.807, 2.05) is 0 Å². The molecule has 0 bridgehead atoms. The van der Waals surface area contributed by atoms with E-state index in [0.717, 1.165) is 6.04 Å². The van der Waals surface area contributed by atoms with Crippen molar-refractivity contribution in [1.82, 2.24) is 4.90 Å². The molecule has 1 fully saturated rings. The maximum atomic E-state index is 6.02. The predicted octanol–water partition coefficient (Wildman–Crippen LogP) is 3.18. The third-order valence-corrected chi connectivity index (χ3v) is 4.53. The van der Waals surface area contributed by atoms with Crippen LogP contribution < -0.4 is 5.73 Å². The molecule has 2 heteroatoms. The highest BCUT2D eigenvalue weighted by molar-refractivity contribution is 5.32. The van der Waals surface area contributed by atoms with Crippen LogP contribution in [0.1, 0.15) is 48.4 Å². The van der Waals surface area contributed by atoms with Gasteiger partial charge in [0, 0.05) is 18.6 Å². The molecule has 1 saturated carbocycles. The van der Waals surface area contributed by atoms with Gasteiger partial charge in [-0.2, -0.15) is 0 Å². The van der Waals surface area contributed by atoms with Gasteiger partial charge in [-0.25, -0.2) is 0 Å². The molecule has 1 aromatic rings. The Hall–Kier alpha value is -0.860. The van der Waals surface area contributed by atoms with Crippen LogP contribution in [0.4, 0.5) is 0 Å². The van der Waals surface area contributed by atoms with Gasteiger partial charge in [0.25, 0.3) is 0 Å². The third-order valence-electron chi connectivity index (χ3n) is 4.53. The van der Waals surface area contributed by atoms with E-state index < -0.39 is 0 Å². The van der Waals surface area contributed by atoms with Gasteiger partial charge in [0.05, 0.1) is 0 Å². The highest BCUT2D eigenvalue weighted by atomic mass is 15.2. The zero-order valence-electron chi connectivity index (χ0n) is 11.9. The van der Waals surface area contributed by atoms with Crippen LogP contribution in [0, 0.1) is 13.8 Å². The molecule has 2 N–H and O–H groups in total. The van der Waals surface area contributed by atoms with E-state index in [9.17, 15) is 0 Å². The average molecular weight is 246 g/mol. The quantitative estimate of drug-likeness (QED) is 0.884. The molecule has 0 heterocycles. The van der Waals surface area contributed by atoms with Crippen molar-refractivity contribution in [2.24, 2.45) is 5.73 Å². The monoisotopic (exact) mass is 246 g/mol. The Morgan fingerprint density at radius 1 is 1.22 bits per heavy atom. The molecule has 0 radical (unpaired) electrons. The lowest BCUT2D eigenvalue weighted by atomic mass is 9.99. The molecule has 2 nitrogen and oxygen atoms in total. The van der Waals surface area contributed by atoms with Gasteiger partial charge < -0.3 is 5.73 Å². The summed E-state index contributed by atoms with van der Waals surface area (Å²) in [5.74, 6) is 0. The Kier molecular flexibility index (Phi) is 4.41. The molecule has 0 spiro atoms. The van der Waals surface area contributed by atoms with Crippen LogP contribution in [0.3, 0.4) is 0 Å². The summed E-state index contributed by atoms with van der Waals surface area (Å²) in [6, 6.07) is 7.85. The van der Waals surface area contributed by atoms with Gasteiger partial charge in [-0.05, 0) is 50.4 Å². The first-order chi connectivity index (χ1) is 8.63. The number of likely N-dealkylation sites (N-methyl/N-ethyl adjacent to an activating group) is 1. The molecule has 1 unspecified atom stereocenters. The lowest BCUT2D eigenvalue weighted by Crippen LogP contribution is -2.37. The first-order valence-electron chi connectivity index (χ1n) is 7.12. The number of nitrogens with zero attached hydrogens (tertiary/aromatic N) is 1. The van der Waals surface area contributed by atoms with E-state index >= 15 is 0 Å². The van der Waals surface area contributed by atoms with Crippen LogP contribution in [-0.2, 0) is 0 Å². The molecule has 1 aliphatic carbocycles. The standard InChI is InChI=1S/C16H26N2/c1-12-8-9-14(10-13(12)2)16(11-17)18(3)15-6-4-5-7-15/h8-10,15-16H,4-7,11,17H2,1-3H3. The molecule has 100 valence electrons. The Bertz CT molecular complexity index is 394. The van der Waals surface area contributed by atoms with Gasteiger partial charge >= 0.3 is 0 Å². The molecule has 18 heavy (non-hydrogen) atoms. The Balaban J connectivity index is 2.18. The number of nitrogens with two attached hydrogens (primary N) is 1. The van der Waals surface area contributed by atoms with Crippen molar-refractivity contribution in [3.05, 3.63) is 34.9 Å². The van der Waals surface area contributed by atoms with Crippen molar-refractivity contribution < 1.29 is 0 Å². The lowest BCUT2D eigenvalue weighted by molar-refractivity contribution is 0.179. The summed E-state index contributed by atoms with van der Waals surface area (Å²) in [6.45, 7) is 5.05. The number of rotatable bonds is 4. The molecule has 1 aromatic carbocycles. The fourth-order valence-corrected chi connectivity index (χ4v) is 3.08. The van der Waals surface area contributed by atoms with Crippen molar-refractivity contribution in [1.29, 1.82) is 0 Å². The van der Waals surface area contributed by atoms with E-state index in [4.69, 9.17) is 5.73 Å². The maximum absolute atomic E-state index is 6.02. The van der Waals surface area contributed by atoms with Crippen LogP contribution in [0.25, 0.3) is 0 Å². The zero-order chi connectivity index (χ0) is 13.1. The predicted molar refractivity (Wildman–Crippen MR) is 77.7 cm³/mol. The molecule has 0 aromatic heterocycles. The van der Waals surface area contributed by atoms with Gasteiger partial charge in [0.1, 0.15) is 0 Å². The summed E-state index contributed by atoms with van der Waals surface area (Å²) in [5.41, 5.74) is 10.1. The Morgan fingerprint density at radius 2 is 1.89 bits per heavy atom. The van der Waals surface area contributed by atoms with E-state index in [1.54, 1.807) is 0 Å². The smallest absolute Gasteiger partial charge is 0.0470 e. The summed E-state index contributed by atoms with van der Waals surface area (Å²) in [6.07, 6.45) is 5.41.